The van der Waals surface area contributed by atoms with Crippen molar-refractivity contribution in [2.24, 2.45) is 0 Å². The molecule has 0 aliphatic carbocycles. The topological polar surface area (TPSA) is 114 Å². The average molecular weight is 384 g/mol. The van der Waals surface area contributed by atoms with Crippen molar-refractivity contribution in [3.05, 3.63) is 54.1 Å². The van der Waals surface area contributed by atoms with Crippen LogP contribution in [0, 0.1) is 0 Å². The van der Waals surface area contributed by atoms with Crippen molar-refractivity contribution in [1.29, 1.82) is 0 Å². The summed E-state index contributed by atoms with van der Waals surface area (Å²) in [5, 5.41) is 14.7. The van der Waals surface area contributed by atoms with E-state index >= 15 is 0 Å². The molecule has 2 amide bonds. The lowest BCUT2D eigenvalue weighted by atomic mass is 10.2. The fourth-order valence-electron chi connectivity index (χ4n) is 2.22. The van der Waals surface area contributed by atoms with E-state index in [9.17, 15) is 19.5 Å². The second-order valence-corrected chi connectivity index (χ2v) is 5.68. The quantitative estimate of drug-likeness (QED) is 0.499. The summed E-state index contributed by atoms with van der Waals surface area (Å²) < 4.78 is 9.87. The molecule has 0 fully saturated rings. The fourth-order valence-corrected chi connectivity index (χ4v) is 2.22. The van der Waals surface area contributed by atoms with E-state index in [2.05, 4.69) is 10.6 Å². The maximum Gasteiger partial charge on any atom is 0.331 e. The molecule has 28 heavy (non-hydrogen) atoms. The number of ether oxygens (including phenoxy) is 2. The SMILES string of the molecule is COc1cc(/C=C/C(=O)OCC(=O)Nc2cccc(NC(C)=O)c2)ccc1O. The molecule has 0 bridgehead atoms. The van der Waals surface area contributed by atoms with Gasteiger partial charge in [0.15, 0.2) is 18.1 Å². The number of phenols is 1. The number of hydrogen-bond acceptors (Lipinski definition) is 6. The van der Waals surface area contributed by atoms with Crippen molar-refractivity contribution in [3.8, 4) is 11.5 Å². The van der Waals surface area contributed by atoms with Crippen LogP contribution in [-0.4, -0.2) is 36.6 Å². The minimum absolute atomic E-state index is 0.0125. The second kappa shape index (κ2) is 9.77. The summed E-state index contributed by atoms with van der Waals surface area (Å²) in [6, 6.07) is 11.2. The maximum atomic E-state index is 11.9. The zero-order valence-corrected chi connectivity index (χ0v) is 15.4. The molecule has 0 aliphatic heterocycles. The highest BCUT2D eigenvalue weighted by Gasteiger charge is 2.07. The molecule has 0 saturated carbocycles. The molecule has 2 aromatic rings. The molecular formula is C20H20N2O6. The third-order valence-corrected chi connectivity index (χ3v) is 3.43. The predicted molar refractivity (Wildman–Crippen MR) is 104 cm³/mol. The highest BCUT2D eigenvalue weighted by atomic mass is 16.5. The summed E-state index contributed by atoms with van der Waals surface area (Å²) in [6.07, 6.45) is 2.63. The normalized spacial score (nSPS) is 10.4. The number of nitrogens with one attached hydrogen (secondary N) is 2. The standard InChI is InChI=1S/C20H20N2O6/c1-13(23)21-15-4-3-5-16(11-15)22-19(25)12-28-20(26)9-7-14-6-8-17(24)18(10-14)27-2/h3-11,24H,12H2,1-2H3,(H,21,23)(H,22,25)/b9-7+. The summed E-state index contributed by atoms with van der Waals surface area (Å²) >= 11 is 0. The maximum absolute atomic E-state index is 11.9. The number of benzene rings is 2. The van der Waals surface area contributed by atoms with E-state index in [0.717, 1.165) is 6.08 Å². The second-order valence-electron chi connectivity index (χ2n) is 5.68. The molecule has 2 aromatic carbocycles. The molecule has 0 aliphatic rings. The van der Waals surface area contributed by atoms with Gasteiger partial charge in [-0.2, -0.15) is 0 Å². The van der Waals surface area contributed by atoms with E-state index in [1.807, 2.05) is 0 Å². The first kappa shape index (κ1) is 20.5. The molecule has 3 N–H and O–H groups in total. The van der Waals surface area contributed by atoms with E-state index in [1.54, 1.807) is 36.4 Å². The molecule has 8 nitrogen and oxygen atoms in total. The van der Waals surface area contributed by atoms with Gasteiger partial charge in [0, 0.05) is 24.4 Å². The first-order chi connectivity index (χ1) is 13.4. The summed E-state index contributed by atoms with van der Waals surface area (Å²) in [5.74, 6) is -1.18. The zero-order valence-electron chi connectivity index (χ0n) is 15.4. The van der Waals surface area contributed by atoms with Crippen LogP contribution in [0.4, 0.5) is 11.4 Å². The van der Waals surface area contributed by atoms with Crippen LogP contribution in [0.3, 0.4) is 0 Å². The number of aromatic hydroxyl groups is 1. The minimum Gasteiger partial charge on any atom is -0.504 e. The summed E-state index contributed by atoms with van der Waals surface area (Å²) in [6.45, 7) is 0.916. The molecule has 0 atom stereocenters. The lowest BCUT2D eigenvalue weighted by Gasteiger charge is -2.08. The monoisotopic (exact) mass is 384 g/mol. The number of amides is 2. The van der Waals surface area contributed by atoms with E-state index in [-0.39, 0.29) is 17.4 Å². The Balaban J connectivity index is 1.85. The van der Waals surface area contributed by atoms with Gasteiger partial charge in [-0.05, 0) is 42.0 Å². The van der Waals surface area contributed by atoms with E-state index < -0.39 is 18.5 Å². The van der Waals surface area contributed by atoms with Crippen LogP contribution in [0.15, 0.2) is 48.5 Å². The number of methoxy groups -OCH3 is 1. The molecule has 0 heterocycles. The van der Waals surface area contributed by atoms with Crippen LogP contribution in [0.1, 0.15) is 12.5 Å². The van der Waals surface area contributed by atoms with Gasteiger partial charge in [-0.15, -0.1) is 0 Å². The Morgan fingerprint density at radius 1 is 1.07 bits per heavy atom. The number of anilines is 2. The lowest BCUT2D eigenvalue weighted by molar-refractivity contribution is -0.142. The third-order valence-electron chi connectivity index (χ3n) is 3.43. The molecular weight excluding hydrogens is 364 g/mol. The number of rotatable bonds is 7. The number of carbonyl (C=O) groups excluding carboxylic acids is 3. The Bertz CT molecular complexity index is 907. The molecule has 0 unspecified atom stereocenters. The van der Waals surface area contributed by atoms with Crippen molar-refractivity contribution < 1.29 is 29.0 Å². The van der Waals surface area contributed by atoms with Crippen LogP contribution in [0.25, 0.3) is 6.08 Å². The first-order valence-corrected chi connectivity index (χ1v) is 8.26. The van der Waals surface area contributed by atoms with Gasteiger partial charge in [0.2, 0.25) is 5.91 Å². The average Bonchev–Trinajstić information content (AvgIpc) is 2.65. The summed E-state index contributed by atoms with van der Waals surface area (Å²) in [4.78, 5) is 34.7. The van der Waals surface area contributed by atoms with Crippen LogP contribution in [-0.2, 0) is 19.1 Å². The Hall–Kier alpha value is -3.81. The van der Waals surface area contributed by atoms with Crippen molar-refractivity contribution >= 4 is 35.2 Å². The van der Waals surface area contributed by atoms with Gasteiger partial charge < -0.3 is 25.2 Å². The van der Waals surface area contributed by atoms with Gasteiger partial charge in [0.25, 0.3) is 5.91 Å². The Morgan fingerprint density at radius 3 is 2.46 bits per heavy atom. The smallest absolute Gasteiger partial charge is 0.331 e. The predicted octanol–water partition coefficient (Wildman–Crippen LogP) is 2.55. The highest BCUT2D eigenvalue weighted by molar-refractivity contribution is 5.95. The van der Waals surface area contributed by atoms with Crippen molar-refractivity contribution in [3.63, 3.8) is 0 Å². The van der Waals surface area contributed by atoms with Crippen molar-refractivity contribution in [1.82, 2.24) is 0 Å². The van der Waals surface area contributed by atoms with Gasteiger partial charge in [0.1, 0.15) is 0 Å². The number of phenolic OH excluding ortho intramolecular Hbond substituents is 1. The van der Waals surface area contributed by atoms with Gasteiger partial charge >= 0.3 is 5.97 Å². The van der Waals surface area contributed by atoms with E-state index in [1.165, 1.54) is 26.2 Å². The van der Waals surface area contributed by atoms with Gasteiger partial charge in [-0.1, -0.05) is 12.1 Å². The molecule has 0 aromatic heterocycles. The fraction of sp³-hybridized carbons (Fsp3) is 0.150. The Morgan fingerprint density at radius 2 is 1.79 bits per heavy atom. The van der Waals surface area contributed by atoms with E-state index in [4.69, 9.17) is 9.47 Å². The molecule has 0 saturated heterocycles. The minimum atomic E-state index is -0.700. The van der Waals surface area contributed by atoms with Gasteiger partial charge in [-0.25, -0.2) is 4.79 Å². The zero-order chi connectivity index (χ0) is 20.5. The highest BCUT2D eigenvalue weighted by Crippen LogP contribution is 2.26. The molecule has 146 valence electrons. The number of hydrogen-bond donors (Lipinski definition) is 3. The van der Waals surface area contributed by atoms with E-state index in [0.29, 0.717) is 16.9 Å². The first-order valence-electron chi connectivity index (χ1n) is 8.26. The lowest BCUT2D eigenvalue weighted by Crippen LogP contribution is -2.20. The van der Waals surface area contributed by atoms with Crippen molar-refractivity contribution in [2.45, 2.75) is 6.92 Å². The summed E-state index contributed by atoms with van der Waals surface area (Å²) in [5.41, 5.74) is 1.61. The number of carbonyl (C=O) groups is 3. The Kier molecular flexibility index (Phi) is 7.15. The van der Waals surface area contributed by atoms with Crippen LogP contribution >= 0.6 is 0 Å². The van der Waals surface area contributed by atoms with Gasteiger partial charge in [-0.3, -0.25) is 9.59 Å². The summed E-state index contributed by atoms with van der Waals surface area (Å²) in [7, 11) is 1.42. The van der Waals surface area contributed by atoms with Gasteiger partial charge in [0.05, 0.1) is 7.11 Å². The molecule has 0 radical (unpaired) electrons. The van der Waals surface area contributed by atoms with Crippen molar-refractivity contribution in [2.75, 3.05) is 24.4 Å². The molecule has 2 rings (SSSR count). The largest absolute Gasteiger partial charge is 0.504 e. The molecule has 8 heteroatoms. The van der Waals surface area contributed by atoms with Crippen LogP contribution < -0.4 is 15.4 Å². The number of esters is 1. The Labute approximate surface area is 161 Å². The van der Waals surface area contributed by atoms with Crippen LogP contribution in [0.5, 0.6) is 11.5 Å². The molecule has 0 spiro atoms. The van der Waals surface area contributed by atoms with Crippen LogP contribution in [0.2, 0.25) is 0 Å². The third kappa shape index (κ3) is 6.49.